The van der Waals surface area contributed by atoms with Crippen LogP contribution in [0.5, 0.6) is 11.5 Å². The van der Waals surface area contributed by atoms with Crippen LogP contribution < -0.4 is 19.7 Å². The first-order chi connectivity index (χ1) is 16.0. The molecule has 0 unspecified atom stereocenters. The van der Waals surface area contributed by atoms with Crippen molar-refractivity contribution in [3.63, 3.8) is 0 Å². The molecule has 8 heteroatoms. The second-order valence-corrected chi connectivity index (χ2v) is 8.67. The molecule has 1 aliphatic heterocycles. The van der Waals surface area contributed by atoms with Crippen LogP contribution in [0, 0.1) is 0 Å². The number of para-hydroxylation sites is 1. The lowest BCUT2D eigenvalue weighted by atomic mass is 10.2. The fourth-order valence-electron chi connectivity index (χ4n) is 3.13. The molecule has 1 N–H and O–H groups in total. The van der Waals surface area contributed by atoms with Crippen molar-refractivity contribution >= 4 is 57.6 Å². The summed E-state index contributed by atoms with van der Waals surface area (Å²) in [7, 11) is 1.58. The number of carbonyl (C=O) groups is 2. The molecule has 1 saturated heterocycles. The van der Waals surface area contributed by atoms with Gasteiger partial charge >= 0.3 is 0 Å². The molecule has 0 aliphatic carbocycles. The van der Waals surface area contributed by atoms with E-state index in [1.807, 2.05) is 36.4 Å². The summed E-state index contributed by atoms with van der Waals surface area (Å²) in [6, 6.07) is 23.5. The molecule has 1 fully saturated rings. The Kier molecular flexibility index (Phi) is 7.07. The Balaban J connectivity index is 1.39. The minimum absolute atomic E-state index is 0.147. The lowest BCUT2D eigenvalue weighted by Gasteiger charge is -2.13. The third-order valence-electron chi connectivity index (χ3n) is 4.71. The summed E-state index contributed by atoms with van der Waals surface area (Å²) in [6.45, 7) is -0.147. The maximum Gasteiger partial charge on any atom is 0.270 e. The Morgan fingerprint density at radius 3 is 2.52 bits per heavy atom. The fourth-order valence-corrected chi connectivity index (χ4v) is 4.43. The topological polar surface area (TPSA) is 67.9 Å². The van der Waals surface area contributed by atoms with Crippen LogP contribution in [0.2, 0.25) is 0 Å². The van der Waals surface area contributed by atoms with E-state index >= 15 is 0 Å². The number of amides is 2. The molecule has 166 valence electrons. The van der Waals surface area contributed by atoms with E-state index in [1.54, 1.807) is 55.7 Å². The highest BCUT2D eigenvalue weighted by Crippen LogP contribution is 2.36. The Hall–Kier alpha value is -3.62. The Morgan fingerprint density at radius 1 is 1.03 bits per heavy atom. The highest BCUT2D eigenvalue weighted by molar-refractivity contribution is 8.27. The largest absolute Gasteiger partial charge is 0.497 e. The van der Waals surface area contributed by atoms with Gasteiger partial charge < -0.3 is 14.8 Å². The second kappa shape index (κ2) is 10.3. The van der Waals surface area contributed by atoms with E-state index in [-0.39, 0.29) is 18.4 Å². The molecular formula is C25H20N2O4S2. The number of nitrogens with zero attached hydrogens (tertiary/aromatic N) is 1. The van der Waals surface area contributed by atoms with Crippen molar-refractivity contribution in [1.29, 1.82) is 0 Å². The number of nitrogens with one attached hydrogen (secondary N) is 1. The monoisotopic (exact) mass is 476 g/mol. The fraction of sp³-hybridized carbons (Fsp3) is 0.0800. The average molecular weight is 477 g/mol. The first-order valence-corrected chi connectivity index (χ1v) is 11.3. The van der Waals surface area contributed by atoms with Crippen LogP contribution in [0.25, 0.3) is 6.08 Å². The van der Waals surface area contributed by atoms with Gasteiger partial charge in [-0.3, -0.25) is 14.5 Å². The zero-order valence-electron chi connectivity index (χ0n) is 17.7. The standard InChI is InChI=1S/C25H20N2O4S2/c1-30-20-12-10-18(11-13-20)26-23(28)16-31-21-9-5-6-17(14-21)15-22-24(29)27(25(32)33-22)19-7-3-2-4-8-19/h2-15H,16H2,1H3,(H,26,28)/b22-15-. The van der Waals surface area contributed by atoms with E-state index in [0.29, 0.717) is 26.4 Å². The summed E-state index contributed by atoms with van der Waals surface area (Å²) in [5, 5.41) is 2.77. The van der Waals surface area contributed by atoms with Crippen LogP contribution in [0.4, 0.5) is 11.4 Å². The number of hydrogen-bond acceptors (Lipinski definition) is 6. The van der Waals surface area contributed by atoms with Gasteiger partial charge in [0, 0.05) is 5.69 Å². The predicted molar refractivity (Wildman–Crippen MR) is 136 cm³/mol. The van der Waals surface area contributed by atoms with Crippen molar-refractivity contribution in [2.24, 2.45) is 0 Å². The minimum Gasteiger partial charge on any atom is -0.497 e. The van der Waals surface area contributed by atoms with Gasteiger partial charge in [-0.25, -0.2) is 0 Å². The van der Waals surface area contributed by atoms with Gasteiger partial charge in [-0.15, -0.1) is 0 Å². The van der Waals surface area contributed by atoms with E-state index in [1.165, 1.54) is 16.7 Å². The van der Waals surface area contributed by atoms with Crippen molar-refractivity contribution in [2.75, 3.05) is 23.9 Å². The van der Waals surface area contributed by atoms with Gasteiger partial charge in [0.05, 0.1) is 17.7 Å². The van der Waals surface area contributed by atoms with Gasteiger partial charge in [0.25, 0.3) is 11.8 Å². The molecule has 0 radical (unpaired) electrons. The normalized spacial score (nSPS) is 14.5. The quantitative estimate of drug-likeness (QED) is 0.377. The number of ether oxygens (including phenoxy) is 2. The number of rotatable bonds is 7. The number of hydrogen-bond donors (Lipinski definition) is 1. The first-order valence-electron chi connectivity index (χ1n) is 10.0. The third-order valence-corrected chi connectivity index (χ3v) is 6.01. The SMILES string of the molecule is COc1ccc(NC(=O)COc2cccc(/C=C3\SC(=S)N(c4ccccc4)C3=O)c2)cc1. The second-order valence-electron chi connectivity index (χ2n) is 6.99. The third kappa shape index (κ3) is 5.60. The molecule has 0 aromatic heterocycles. The summed E-state index contributed by atoms with van der Waals surface area (Å²) >= 11 is 6.66. The zero-order chi connectivity index (χ0) is 23.2. The van der Waals surface area contributed by atoms with E-state index in [0.717, 1.165) is 11.3 Å². The van der Waals surface area contributed by atoms with E-state index in [4.69, 9.17) is 21.7 Å². The highest BCUT2D eigenvalue weighted by atomic mass is 32.2. The highest BCUT2D eigenvalue weighted by Gasteiger charge is 2.33. The lowest BCUT2D eigenvalue weighted by Crippen LogP contribution is -2.27. The summed E-state index contributed by atoms with van der Waals surface area (Å²) < 4.78 is 11.2. The maximum absolute atomic E-state index is 12.9. The molecular weight excluding hydrogens is 456 g/mol. The van der Waals surface area contributed by atoms with Gasteiger partial charge in [-0.05, 0) is 60.2 Å². The van der Waals surface area contributed by atoms with Gasteiger partial charge in [0.15, 0.2) is 10.9 Å². The molecule has 2 amide bonds. The molecule has 0 bridgehead atoms. The van der Waals surface area contributed by atoms with Gasteiger partial charge in [-0.1, -0.05) is 54.3 Å². The molecule has 0 atom stereocenters. The van der Waals surface area contributed by atoms with Crippen molar-refractivity contribution in [3.8, 4) is 11.5 Å². The molecule has 1 heterocycles. The van der Waals surface area contributed by atoms with Gasteiger partial charge in [-0.2, -0.15) is 0 Å². The van der Waals surface area contributed by atoms with Crippen molar-refractivity contribution in [3.05, 3.63) is 89.3 Å². The summed E-state index contributed by atoms with van der Waals surface area (Å²) in [6.07, 6.45) is 1.77. The van der Waals surface area contributed by atoms with Crippen molar-refractivity contribution in [2.45, 2.75) is 0 Å². The predicted octanol–water partition coefficient (Wildman–Crippen LogP) is 5.12. The molecule has 4 rings (SSSR count). The average Bonchev–Trinajstić information content (AvgIpc) is 3.11. The van der Waals surface area contributed by atoms with Crippen LogP contribution >= 0.6 is 24.0 Å². The smallest absolute Gasteiger partial charge is 0.270 e. The number of thioether (sulfide) groups is 1. The van der Waals surface area contributed by atoms with Crippen LogP contribution in [-0.4, -0.2) is 29.9 Å². The van der Waals surface area contributed by atoms with Crippen LogP contribution in [0.1, 0.15) is 5.56 Å². The summed E-state index contributed by atoms with van der Waals surface area (Å²) in [5.74, 6) is 0.782. The molecule has 33 heavy (non-hydrogen) atoms. The first kappa shape index (κ1) is 22.6. The van der Waals surface area contributed by atoms with Gasteiger partial charge in [0.1, 0.15) is 11.5 Å². The summed E-state index contributed by atoms with van der Waals surface area (Å²) in [4.78, 5) is 27.1. The molecule has 0 spiro atoms. The molecule has 0 saturated carbocycles. The molecule has 3 aromatic rings. The molecule has 3 aromatic carbocycles. The van der Waals surface area contributed by atoms with E-state index in [2.05, 4.69) is 5.32 Å². The van der Waals surface area contributed by atoms with E-state index < -0.39 is 0 Å². The maximum atomic E-state index is 12.9. The Morgan fingerprint density at radius 2 is 1.79 bits per heavy atom. The van der Waals surface area contributed by atoms with Crippen molar-refractivity contribution in [1.82, 2.24) is 0 Å². The van der Waals surface area contributed by atoms with Crippen LogP contribution in [-0.2, 0) is 9.59 Å². The van der Waals surface area contributed by atoms with Crippen LogP contribution in [0.3, 0.4) is 0 Å². The minimum atomic E-state index is -0.283. The van der Waals surface area contributed by atoms with Gasteiger partial charge in [0.2, 0.25) is 0 Å². The lowest BCUT2D eigenvalue weighted by molar-refractivity contribution is -0.118. The number of benzene rings is 3. The Bertz CT molecular complexity index is 1210. The van der Waals surface area contributed by atoms with Crippen molar-refractivity contribution < 1.29 is 19.1 Å². The number of anilines is 2. The number of carbonyl (C=O) groups excluding carboxylic acids is 2. The molecule has 1 aliphatic rings. The molecule has 6 nitrogen and oxygen atoms in total. The number of thiocarbonyl (C=S) groups is 1. The number of methoxy groups -OCH3 is 1. The zero-order valence-corrected chi connectivity index (χ0v) is 19.3. The van der Waals surface area contributed by atoms with Crippen LogP contribution in [0.15, 0.2) is 83.8 Å². The summed E-state index contributed by atoms with van der Waals surface area (Å²) in [5.41, 5.74) is 2.17. The Labute approximate surface area is 201 Å². The van der Waals surface area contributed by atoms with E-state index in [9.17, 15) is 9.59 Å².